The van der Waals surface area contributed by atoms with Gasteiger partial charge in [0, 0.05) is 38.4 Å². The fraction of sp³-hybridized carbons (Fsp3) is 0.556. The van der Waals surface area contributed by atoms with Gasteiger partial charge in [-0.15, -0.1) is 0 Å². The van der Waals surface area contributed by atoms with E-state index in [0.717, 1.165) is 38.0 Å². The molecule has 0 radical (unpaired) electrons. The molecule has 2 aliphatic heterocycles. The average molecular weight is 330 g/mol. The number of benzene rings is 1. The van der Waals surface area contributed by atoms with Crippen molar-refractivity contribution in [3.8, 4) is 0 Å². The lowest BCUT2D eigenvalue weighted by molar-refractivity contribution is -0.125. The number of carbonyl (C=O) groups excluding carboxylic acids is 2. The van der Waals surface area contributed by atoms with Gasteiger partial charge in [0.2, 0.25) is 5.91 Å². The van der Waals surface area contributed by atoms with Crippen molar-refractivity contribution in [2.75, 3.05) is 37.6 Å². The Kier molecular flexibility index (Phi) is 5.04. The molecule has 3 amide bonds. The molecule has 2 N–H and O–H groups in total. The highest BCUT2D eigenvalue weighted by Gasteiger charge is 2.34. The van der Waals surface area contributed by atoms with Gasteiger partial charge < -0.3 is 15.5 Å². The lowest BCUT2D eigenvalue weighted by atomic mass is 10.0. The molecule has 2 heterocycles. The zero-order chi connectivity index (χ0) is 17.1. The highest BCUT2D eigenvalue weighted by atomic mass is 16.2. The molecule has 6 heteroatoms. The minimum absolute atomic E-state index is 0.0899. The molecular weight excluding hydrogens is 304 g/mol. The fourth-order valence-electron chi connectivity index (χ4n) is 3.65. The first-order valence-electron chi connectivity index (χ1n) is 8.73. The standard InChI is InChI=1S/C18H26N4O2/c1-14-5-7-15(8-6-14)22-11-2-4-16(17(22)23)20-9-3-10-21(13-12-20)18(19)24/h5-8,16H,2-4,9-13H2,1H3,(H2,19,24)/t16-/m0/s1. The van der Waals surface area contributed by atoms with Gasteiger partial charge in [-0.05, 0) is 38.3 Å². The molecule has 0 spiro atoms. The van der Waals surface area contributed by atoms with E-state index in [1.165, 1.54) is 5.56 Å². The number of urea groups is 1. The van der Waals surface area contributed by atoms with Crippen LogP contribution in [0.5, 0.6) is 0 Å². The van der Waals surface area contributed by atoms with Crippen LogP contribution in [0.25, 0.3) is 0 Å². The van der Waals surface area contributed by atoms with Crippen LogP contribution in [-0.2, 0) is 4.79 Å². The Hall–Kier alpha value is -2.08. The van der Waals surface area contributed by atoms with Crippen LogP contribution < -0.4 is 10.6 Å². The van der Waals surface area contributed by atoms with Crippen LogP contribution in [0.15, 0.2) is 24.3 Å². The number of primary amides is 1. The largest absolute Gasteiger partial charge is 0.351 e. The van der Waals surface area contributed by atoms with Crippen LogP contribution >= 0.6 is 0 Å². The van der Waals surface area contributed by atoms with Crippen LogP contribution in [0, 0.1) is 6.92 Å². The van der Waals surface area contributed by atoms with Crippen molar-refractivity contribution in [2.24, 2.45) is 5.73 Å². The van der Waals surface area contributed by atoms with Crippen molar-refractivity contribution in [3.63, 3.8) is 0 Å². The van der Waals surface area contributed by atoms with Crippen molar-refractivity contribution in [3.05, 3.63) is 29.8 Å². The number of nitrogens with two attached hydrogens (primary N) is 1. The van der Waals surface area contributed by atoms with Crippen LogP contribution in [-0.4, -0.2) is 60.5 Å². The van der Waals surface area contributed by atoms with Crippen LogP contribution in [0.3, 0.4) is 0 Å². The maximum Gasteiger partial charge on any atom is 0.314 e. The van der Waals surface area contributed by atoms with Crippen molar-refractivity contribution in [1.82, 2.24) is 9.80 Å². The molecule has 1 atom stereocenters. The van der Waals surface area contributed by atoms with E-state index in [9.17, 15) is 9.59 Å². The molecule has 0 unspecified atom stereocenters. The monoisotopic (exact) mass is 330 g/mol. The number of aryl methyl sites for hydroxylation is 1. The molecule has 0 aromatic heterocycles. The van der Waals surface area contributed by atoms with E-state index in [1.54, 1.807) is 4.90 Å². The molecule has 2 saturated heterocycles. The number of nitrogens with zero attached hydrogens (tertiary/aromatic N) is 3. The van der Waals surface area contributed by atoms with Crippen LogP contribution in [0.2, 0.25) is 0 Å². The predicted octanol–water partition coefficient (Wildman–Crippen LogP) is 1.58. The van der Waals surface area contributed by atoms with Crippen molar-refractivity contribution in [1.29, 1.82) is 0 Å². The van der Waals surface area contributed by atoms with Gasteiger partial charge in [-0.25, -0.2) is 4.79 Å². The molecule has 130 valence electrons. The van der Waals surface area contributed by atoms with Gasteiger partial charge >= 0.3 is 6.03 Å². The van der Waals surface area contributed by atoms with E-state index in [0.29, 0.717) is 19.6 Å². The molecule has 0 aliphatic carbocycles. The first kappa shape index (κ1) is 16.8. The summed E-state index contributed by atoms with van der Waals surface area (Å²) in [5.41, 5.74) is 7.56. The summed E-state index contributed by atoms with van der Waals surface area (Å²) in [6.45, 7) is 5.65. The molecule has 0 saturated carbocycles. The molecule has 3 rings (SSSR count). The predicted molar refractivity (Wildman–Crippen MR) is 93.9 cm³/mol. The Morgan fingerprint density at radius 1 is 1.04 bits per heavy atom. The van der Waals surface area contributed by atoms with Gasteiger partial charge in [0.15, 0.2) is 0 Å². The van der Waals surface area contributed by atoms with Crippen LogP contribution in [0.1, 0.15) is 24.8 Å². The Labute approximate surface area is 143 Å². The van der Waals surface area contributed by atoms with Crippen molar-refractivity contribution in [2.45, 2.75) is 32.2 Å². The molecule has 2 fully saturated rings. The third kappa shape index (κ3) is 3.53. The molecular formula is C18H26N4O2. The quantitative estimate of drug-likeness (QED) is 0.895. The molecule has 24 heavy (non-hydrogen) atoms. The number of carbonyl (C=O) groups is 2. The second-order valence-corrected chi connectivity index (χ2v) is 6.70. The molecule has 1 aromatic rings. The Balaban J connectivity index is 1.70. The summed E-state index contributed by atoms with van der Waals surface area (Å²) in [5, 5.41) is 0. The first-order chi connectivity index (χ1) is 11.6. The Morgan fingerprint density at radius 2 is 1.79 bits per heavy atom. The minimum atomic E-state index is -0.367. The summed E-state index contributed by atoms with van der Waals surface area (Å²) in [6.07, 6.45) is 2.75. The number of anilines is 1. The summed E-state index contributed by atoms with van der Waals surface area (Å²) >= 11 is 0. The number of amides is 3. The topological polar surface area (TPSA) is 69.9 Å². The van der Waals surface area contributed by atoms with Gasteiger partial charge in [0.25, 0.3) is 0 Å². The van der Waals surface area contributed by atoms with E-state index < -0.39 is 0 Å². The second kappa shape index (κ2) is 7.21. The van der Waals surface area contributed by atoms with E-state index in [-0.39, 0.29) is 18.0 Å². The van der Waals surface area contributed by atoms with Gasteiger partial charge in [0.05, 0.1) is 6.04 Å². The summed E-state index contributed by atoms with van der Waals surface area (Å²) in [5.74, 6) is 0.178. The maximum absolute atomic E-state index is 13.0. The van der Waals surface area contributed by atoms with E-state index in [2.05, 4.69) is 4.90 Å². The van der Waals surface area contributed by atoms with Gasteiger partial charge in [-0.3, -0.25) is 9.69 Å². The van der Waals surface area contributed by atoms with Gasteiger partial charge in [-0.2, -0.15) is 0 Å². The Bertz CT molecular complexity index is 602. The smallest absolute Gasteiger partial charge is 0.314 e. The van der Waals surface area contributed by atoms with E-state index in [1.807, 2.05) is 36.1 Å². The molecule has 6 nitrogen and oxygen atoms in total. The molecule has 1 aromatic carbocycles. The first-order valence-corrected chi connectivity index (χ1v) is 8.73. The zero-order valence-corrected chi connectivity index (χ0v) is 14.3. The minimum Gasteiger partial charge on any atom is -0.351 e. The van der Waals surface area contributed by atoms with Gasteiger partial charge in [-0.1, -0.05) is 17.7 Å². The molecule has 0 bridgehead atoms. The summed E-state index contributed by atoms with van der Waals surface area (Å²) < 4.78 is 0. The average Bonchev–Trinajstić information content (AvgIpc) is 2.82. The van der Waals surface area contributed by atoms with E-state index in [4.69, 9.17) is 5.73 Å². The lowest BCUT2D eigenvalue weighted by Gasteiger charge is -2.38. The number of hydrogen-bond donors (Lipinski definition) is 1. The number of hydrogen-bond acceptors (Lipinski definition) is 3. The number of piperidine rings is 1. The lowest BCUT2D eigenvalue weighted by Crippen LogP contribution is -2.53. The van der Waals surface area contributed by atoms with Crippen molar-refractivity contribution < 1.29 is 9.59 Å². The highest BCUT2D eigenvalue weighted by Crippen LogP contribution is 2.25. The maximum atomic E-state index is 13.0. The van der Waals surface area contributed by atoms with Crippen molar-refractivity contribution >= 4 is 17.6 Å². The SMILES string of the molecule is Cc1ccc(N2CCC[C@H](N3CCCN(C(N)=O)CC3)C2=O)cc1. The second-order valence-electron chi connectivity index (χ2n) is 6.70. The summed E-state index contributed by atoms with van der Waals surface area (Å²) in [4.78, 5) is 30.2. The van der Waals surface area contributed by atoms with Gasteiger partial charge in [0.1, 0.15) is 0 Å². The molecule has 2 aliphatic rings. The zero-order valence-electron chi connectivity index (χ0n) is 14.3. The third-order valence-electron chi connectivity index (χ3n) is 5.04. The van der Waals surface area contributed by atoms with E-state index >= 15 is 0 Å². The summed E-state index contributed by atoms with van der Waals surface area (Å²) in [7, 11) is 0. The summed E-state index contributed by atoms with van der Waals surface area (Å²) in [6, 6.07) is 7.67. The fourth-order valence-corrected chi connectivity index (χ4v) is 3.65. The Morgan fingerprint density at radius 3 is 2.50 bits per heavy atom. The normalized spacial score (nSPS) is 23.2. The highest BCUT2D eigenvalue weighted by molar-refractivity contribution is 5.98. The third-order valence-corrected chi connectivity index (χ3v) is 5.04. The number of rotatable bonds is 2. The van der Waals surface area contributed by atoms with Crippen LogP contribution in [0.4, 0.5) is 10.5 Å².